The van der Waals surface area contributed by atoms with E-state index in [0.29, 0.717) is 31.1 Å². The largest absolute Gasteiger partial charge is 0.356 e. The molecular weight excluding hydrogens is 244 g/mol. The molecule has 19 heavy (non-hydrogen) atoms. The second-order valence-electron chi connectivity index (χ2n) is 6.06. The topological polar surface area (TPSA) is 94.0 Å². The molecule has 1 unspecified atom stereocenters. The monoisotopic (exact) mass is 268 g/mol. The standard InChI is InChI=1S/C13H24N4O2/c1-9-16-11(17-19-9)5-6-15-12(18)7-10(14)8-13(2,3)4/h10H,5-8,14H2,1-4H3,(H,15,18). The molecular formula is C13H24N4O2. The van der Waals surface area contributed by atoms with Crippen molar-refractivity contribution in [3.8, 4) is 0 Å². The third-order valence-corrected chi connectivity index (χ3v) is 2.56. The van der Waals surface area contributed by atoms with Crippen LogP contribution in [-0.4, -0.2) is 28.6 Å². The van der Waals surface area contributed by atoms with Gasteiger partial charge in [-0.25, -0.2) is 0 Å². The van der Waals surface area contributed by atoms with Gasteiger partial charge in [-0.1, -0.05) is 25.9 Å². The molecule has 1 aromatic rings. The number of nitrogens with two attached hydrogens (primary N) is 1. The lowest BCUT2D eigenvalue weighted by atomic mass is 9.87. The average molecular weight is 268 g/mol. The molecule has 1 heterocycles. The summed E-state index contributed by atoms with van der Waals surface area (Å²) < 4.78 is 4.85. The molecule has 6 heteroatoms. The Morgan fingerprint density at radius 2 is 2.16 bits per heavy atom. The van der Waals surface area contributed by atoms with Gasteiger partial charge in [-0.15, -0.1) is 0 Å². The molecule has 0 aliphatic heterocycles. The molecule has 0 bridgehead atoms. The highest BCUT2D eigenvalue weighted by molar-refractivity contribution is 5.76. The lowest BCUT2D eigenvalue weighted by molar-refractivity contribution is -0.121. The number of amides is 1. The zero-order valence-electron chi connectivity index (χ0n) is 12.2. The Balaban J connectivity index is 2.21. The van der Waals surface area contributed by atoms with Crippen LogP contribution in [0.5, 0.6) is 0 Å². The molecule has 0 radical (unpaired) electrons. The van der Waals surface area contributed by atoms with Crippen LogP contribution < -0.4 is 11.1 Å². The van der Waals surface area contributed by atoms with Crippen molar-refractivity contribution in [2.75, 3.05) is 6.54 Å². The normalized spacial score (nSPS) is 13.3. The van der Waals surface area contributed by atoms with Gasteiger partial charge in [-0.05, 0) is 11.8 Å². The van der Waals surface area contributed by atoms with E-state index in [-0.39, 0.29) is 17.4 Å². The number of carbonyl (C=O) groups is 1. The maximum atomic E-state index is 11.7. The second kappa shape index (κ2) is 6.65. The Bertz CT molecular complexity index is 409. The van der Waals surface area contributed by atoms with E-state index < -0.39 is 0 Å². The number of nitrogens with zero attached hydrogens (tertiary/aromatic N) is 2. The Morgan fingerprint density at radius 3 is 2.68 bits per heavy atom. The van der Waals surface area contributed by atoms with Gasteiger partial charge in [-0.3, -0.25) is 4.79 Å². The van der Waals surface area contributed by atoms with E-state index in [4.69, 9.17) is 10.3 Å². The van der Waals surface area contributed by atoms with Crippen molar-refractivity contribution in [1.82, 2.24) is 15.5 Å². The number of aryl methyl sites for hydroxylation is 1. The Labute approximate surface area is 114 Å². The maximum Gasteiger partial charge on any atom is 0.223 e. The summed E-state index contributed by atoms with van der Waals surface area (Å²) in [6.45, 7) is 8.58. The molecule has 0 saturated carbocycles. The molecule has 1 aromatic heterocycles. The molecule has 0 saturated heterocycles. The van der Waals surface area contributed by atoms with Crippen LogP contribution in [0.3, 0.4) is 0 Å². The third kappa shape index (κ3) is 6.91. The van der Waals surface area contributed by atoms with E-state index in [1.807, 2.05) is 0 Å². The molecule has 0 fully saturated rings. The molecule has 0 aliphatic carbocycles. The number of rotatable bonds is 6. The summed E-state index contributed by atoms with van der Waals surface area (Å²) in [5.41, 5.74) is 6.09. The minimum Gasteiger partial charge on any atom is -0.356 e. The van der Waals surface area contributed by atoms with E-state index in [1.165, 1.54) is 0 Å². The first kappa shape index (κ1) is 15.6. The van der Waals surface area contributed by atoms with Crippen LogP contribution >= 0.6 is 0 Å². The number of hydrogen-bond acceptors (Lipinski definition) is 5. The summed E-state index contributed by atoms with van der Waals surface area (Å²) in [7, 11) is 0. The predicted octanol–water partition coefficient (Wildman–Crippen LogP) is 1.19. The fraction of sp³-hybridized carbons (Fsp3) is 0.769. The van der Waals surface area contributed by atoms with Crippen molar-refractivity contribution >= 4 is 5.91 Å². The van der Waals surface area contributed by atoms with Crippen LogP contribution in [0.4, 0.5) is 0 Å². The average Bonchev–Trinajstić information content (AvgIpc) is 2.60. The lowest BCUT2D eigenvalue weighted by Crippen LogP contribution is -2.35. The minimum atomic E-state index is -0.104. The van der Waals surface area contributed by atoms with Crippen LogP contribution in [0, 0.1) is 12.3 Å². The third-order valence-electron chi connectivity index (χ3n) is 2.56. The van der Waals surface area contributed by atoms with Crippen LogP contribution in [0.15, 0.2) is 4.52 Å². The van der Waals surface area contributed by atoms with Crippen molar-refractivity contribution in [2.45, 2.75) is 53.0 Å². The molecule has 1 rings (SSSR count). The van der Waals surface area contributed by atoms with E-state index in [1.54, 1.807) is 6.92 Å². The van der Waals surface area contributed by atoms with E-state index in [0.717, 1.165) is 6.42 Å². The molecule has 0 spiro atoms. The first-order valence-corrected chi connectivity index (χ1v) is 6.58. The van der Waals surface area contributed by atoms with Crippen molar-refractivity contribution in [1.29, 1.82) is 0 Å². The fourth-order valence-electron chi connectivity index (χ4n) is 1.93. The zero-order valence-corrected chi connectivity index (χ0v) is 12.2. The van der Waals surface area contributed by atoms with Gasteiger partial charge in [0.1, 0.15) is 0 Å². The minimum absolute atomic E-state index is 0.0306. The summed E-state index contributed by atoms with van der Waals surface area (Å²) in [4.78, 5) is 15.7. The molecule has 1 atom stereocenters. The summed E-state index contributed by atoms with van der Waals surface area (Å²) in [6, 6.07) is -0.104. The number of hydrogen-bond donors (Lipinski definition) is 2. The van der Waals surface area contributed by atoms with Gasteiger partial charge in [0.15, 0.2) is 5.82 Å². The van der Waals surface area contributed by atoms with Gasteiger partial charge in [0.05, 0.1) is 0 Å². The summed E-state index contributed by atoms with van der Waals surface area (Å²) in [5.74, 6) is 1.11. The van der Waals surface area contributed by atoms with Crippen molar-refractivity contribution in [2.24, 2.45) is 11.1 Å². The van der Waals surface area contributed by atoms with Crippen LogP contribution in [0.25, 0.3) is 0 Å². The van der Waals surface area contributed by atoms with Crippen molar-refractivity contribution in [3.63, 3.8) is 0 Å². The molecule has 1 amide bonds. The van der Waals surface area contributed by atoms with Gasteiger partial charge in [-0.2, -0.15) is 4.98 Å². The molecule has 108 valence electrons. The highest BCUT2D eigenvalue weighted by atomic mass is 16.5. The summed E-state index contributed by atoms with van der Waals surface area (Å²) in [6.07, 6.45) is 1.74. The fourth-order valence-corrected chi connectivity index (χ4v) is 1.93. The number of aromatic nitrogens is 2. The maximum absolute atomic E-state index is 11.7. The van der Waals surface area contributed by atoms with Gasteiger partial charge < -0.3 is 15.6 Å². The van der Waals surface area contributed by atoms with Gasteiger partial charge in [0, 0.05) is 32.4 Å². The summed E-state index contributed by atoms with van der Waals surface area (Å²) >= 11 is 0. The SMILES string of the molecule is Cc1nc(CCNC(=O)CC(N)CC(C)(C)C)no1. The number of carbonyl (C=O) groups excluding carboxylic acids is 1. The zero-order chi connectivity index (χ0) is 14.5. The Kier molecular flexibility index (Phi) is 5.47. The lowest BCUT2D eigenvalue weighted by Gasteiger charge is -2.22. The molecule has 6 nitrogen and oxygen atoms in total. The van der Waals surface area contributed by atoms with Gasteiger partial charge in [0.25, 0.3) is 0 Å². The van der Waals surface area contributed by atoms with Crippen LogP contribution in [0.1, 0.15) is 45.3 Å². The van der Waals surface area contributed by atoms with Gasteiger partial charge in [0.2, 0.25) is 11.8 Å². The van der Waals surface area contributed by atoms with Crippen LogP contribution in [-0.2, 0) is 11.2 Å². The van der Waals surface area contributed by atoms with Crippen molar-refractivity contribution in [3.05, 3.63) is 11.7 Å². The smallest absolute Gasteiger partial charge is 0.223 e. The van der Waals surface area contributed by atoms with Crippen LogP contribution in [0.2, 0.25) is 0 Å². The summed E-state index contributed by atoms with van der Waals surface area (Å²) in [5, 5.41) is 6.58. The first-order valence-electron chi connectivity index (χ1n) is 6.58. The Hall–Kier alpha value is -1.43. The van der Waals surface area contributed by atoms with Gasteiger partial charge >= 0.3 is 0 Å². The van der Waals surface area contributed by atoms with E-state index in [9.17, 15) is 4.79 Å². The highest BCUT2D eigenvalue weighted by Gasteiger charge is 2.18. The van der Waals surface area contributed by atoms with E-state index in [2.05, 4.69) is 36.2 Å². The Morgan fingerprint density at radius 1 is 1.47 bits per heavy atom. The first-order chi connectivity index (χ1) is 8.76. The molecule has 0 aromatic carbocycles. The predicted molar refractivity (Wildman–Crippen MR) is 72.4 cm³/mol. The quantitative estimate of drug-likeness (QED) is 0.808. The second-order valence-corrected chi connectivity index (χ2v) is 6.06. The molecule has 3 N–H and O–H groups in total. The molecule has 0 aliphatic rings. The highest BCUT2D eigenvalue weighted by Crippen LogP contribution is 2.20. The van der Waals surface area contributed by atoms with Crippen molar-refractivity contribution < 1.29 is 9.32 Å². The van der Waals surface area contributed by atoms with E-state index >= 15 is 0 Å². The number of nitrogens with one attached hydrogen (secondary N) is 1.